The number of H-pyrrole nitrogens is 1. The molecule has 1 fully saturated rings. The van der Waals surface area contributed by atoms with E-state index >= 15 is 0 Å². The van der Waals surface area contributed by atoms with Crippen LogP contribution in [0.3, 0.4) is 0 Å². The molecule has 1 saturated heterocycles. The normalized spacial score (nSPS) is 18.8. The van der Waals surface area contributed by atoms with Crippen molar-refractivity contribution in [2.75, 3.05) is 27.2 Å². The molecule has 3 rings (SSSR count). The SMILES string of the molecule is Cc1nc(C)c(S(=O)(=O)N2CCCC(c3[nH]ncc3C(=O)N(C)C)C2)s1. The number of hydrogen-bond acceptors (Lipinski definition) is 6. The van der Waals surface area contributed by atoms with E-state index in [4.69, 9.17) is 0 Å². The van der Waals surface area contributed by atoms with Gasteiger partial charge in [-0.1, -0.05) is 0 Å². The molecule has 0 aliphatic carbocycles. The van der Waals surface area contributed by atoms with E-state index in [2.05, 4.69) is 15.2 Å². The first kappa shape index (κ1) is 19.0. The summed E-state index contributed by atoms with van der Waals surface area (Å²) in [5, 5.41) is 7.66. The third kappa shape index (κ3) is 3.40. The van der Waals surface area contributed by atoms with E-state index < -0.39 is 10.0 Å². The number of carbonyl (C=O) groups is 1. The van der Waals surface area contributed by atoms with Crippen LogP contribution < -0.4 is 0 Å². The Morgan fingerprint density at radius 3 is 2.73 bits per heavy atom. The molecule has 142 valence electrons. The van der Waals surface area contributed by atoms with Gasteiger partial charge in [0.15, 0.2) is 4.21 Å². The average molecular weight is 398 g/mol. The first-order valence-corrected chi connectivity index (χ1v) is 10.7. The number of sulfonamides is 1. The van der Waals surface area contributed by atoms with Gasteiger partial charge in [-0.3, -0.25) is 9.89 Å². The van der Waals surface area contributed by atoms with Crippen LogP contribution in [0.1, 0.15) is 45.5 Å². The Morgan fingerprint density at radius 2 is 2.12 bits per heavy atom. The Morgan fingerprint density at radius 1 is 1.38 bits per heavy atom. The van der Waals surface area contributed by atoms with Crippen LogP contribution in [-0.2, 0) is 10.0 Å². The summed E-state index contributed by atoms with van der Waals surface area (Å²) in [5.41, 5.74) is 1.75. The quantitative estimate of drug-likeness (QED) is 0.847. The van der Waals surface area contributed by atoms with Gasteiger partial charge in [-0.2, -0.15) is 9.40 Å². The molecule has 1 atom stereocenters. The van der Waals surface area contributed by atoms with Gasteiger partial charge in [0.05, 0.1) is 28.2 Å². The summed E-state index contributed by atoms with van der Waals surface area (Å²) >= 11 is 1.20. The highest BCUT2D eigenvalue weighted by atomic mass is 32.2. The largest absolute Gasteiger partial charge is 0.345 e. The molecule has 8 nitrogen and oxygen atoms in total. The zero-order valence-corrected chi connectivity index (χ0v) is 16.9. The van der Waals surface area contributed by atoms with Crippen LogP contribution in [0.5, 0.6) is 0 Å². The highest BCUT2D eigenvalue weighted by molar-refractivity contribution is 7.91. The van der Waals surface area contributed by atoms with E-state index in [9.17, 15) is 13.2 Å². The lowest BCUT2D eigenvalue weighted by molar-refractivity contribution is 0.0825. The second-order valence-electron chi connectivity index (χ2n) is 6.70. The molecule has 0 bridgehead atoms. The molecule has 0 spiro atoms. The molecule has 1 aliphatic rings. The molecule has 2 aromatic rings. The molecular formula is C16H23N5O3S2. The summed E-state index contributed by atoms with van der Waals surface area (Å²) < 4.78 is 27.9. The number of piperidine rings is 1. The molecule has 10 heteroatoms. The van der Waals surface area contributed by atoms with Crippen LogP contribution >= 0.6 is 11.3 Å². The Hall–Kier alpha value is -1.78. The Labute approximate surface area is 157 Å². The van der Waals surface area contributed by atoms with Crippen molar-refractivity contribution in [3.8, 4) is 0 Å². The van der Waals surface area contributed by atoms with Crippen LogP contribution in [0, 0.1) is 13.8 Å². The van der Waals surface area contributed by atoms with Gasteiger partial charge in [0.1, 0.15) is 0 Å². The van der Waals surface area contributed by atoms with Gasteiger partial charge in [0.2, 0.25) is 0 Å². The highest BCUT2D eigenvalue weighted by Gasteiger charge is 2.35. The number of aromatic nitrogens is 3. The lowest BCUT2D eigenvalue weighted by Gasteiger charge is -2.31. The number of hydrogen-bond donors (Lipinski definition) is 1. The van der Waals surface area contributed by atoms with E-state index in [0.29, 0.717) is 34.2 Å². The second kappa shape index (κ2) is 7.09. The Bertz CT molecular complexity index is 916. The fourth-order valence-electron chi connectivity index (χ4n) is 3.28. The molecule has 1 N–H and O–H groups in total. The second-order valence-corrected chi connectivity index (χ2v) is 10.0. The molecule has 3 heterocycles. The number of carbonyl (C=O) groups excluding carboxylic acids is 1. The van der Waals surface area contributed by atoms with E-state index in [1.54, 1.807) is 27.9 Å². The van der Waals surface area contributed by atoms with Crippen molar-refractivity contribution >= 4 is 27.3 Å². The minimum Gasteiger partial charge on any atom is -0.345 e. The van der Waals surface area contributed by atoms with E-state index in [1.807, 2.05) is 0 Å². The number of nitrogens with one attached hydrogen (secondary N) is 1. The van der Waals surface area contributed by atoms with Crippen molar-refractivity contribution in [1.82, 2.24) is 24.4 Å². The minimum absolute atomic E-state index is 0.0887. The fourth-order valence-corrected chi connectivity index (χ4v) is 6.43. The molecule has 26 heavy (non-hydrogen) atoms. The monoisotopic (exact) mass is 397 g/mol. The van der Waals surface area contributed by atoms with Crippen molar-refractivity contribution in [3.05, 3.63) is 28.2 Å². The first-order chi connectivity index (χ1) is 12.2. The van der Waals surface area contributed by atoms with Gasteiger partial charge in [-0.05, 0) is 26.7 Å². The maximum absolute atomic E-state index is 13.1. The van der Waals surface area contributed by atoms with Gasteiger partial charge in [0, 0.05) is 33.1 Å². The molecule has 2 aromatic heterocycles. The lowest BCUT2D eigenvalue weighted by Crippen LogP contribution is -2.39. The Kier molecular flexibility index (Phi) is 5.18. The van der Waals surface area contributed by atoms with Crippen LogP contribution in [0.4, 0.5) is 0 Å². The van der Waals surface area contributed by atoms with Gasteiger partial charge in [-0.25, -0.2) is 13.4 Å². The average Bonchev–Trinajstić information content (AvgIpc) is 3.20. The number of aryl methyl sites for hydroxylation is 2. The number of aromatic amines is 1. The van der Waals surface area contributed by atoms with Crippen LogP contribution in [0.15, 0.2) is 10.4 Å². The molecule has 0 radical (unpaired) electrons. The molecule has 1 unspecified atom stereocenters. The predicted octanol–water partition coefficient (Wildman–Crippen LogP) is 1.75. The summed E-state index contributed by atoms with van der Waals surface area (Å²) in [6, 6.07) is 0. The van der Waals surface area contributed by atoms with Crippen molar-refractivity contribution in [2.45, 2.75) is 36.8 Å². The van der Waals surface area contributed by atoms with Gasteiger partial charge in [0.25, 0.3) is 15.9 Å². The molecular weight excluding hydrogens is 374 g/mol. The van der Waals surface area contributed by atoms with Gasteiger partial charge in [-0.15, -0.1) is 11.3 Å². The maximum atomic E-state index is 13.1. The maximum Gasteiger partial charge on any atom is 0.256 e. The molecule has 1 aliphatic heterocycles. The third-order valence-corrected chi connectivity index (χ3v) is 8.06. The summed E-state index contributed by atoms with van der Waals surface area (Å²) in [5.74, 6) is -0.225. The number of nitrogens with zero attached hydrogens (tertiary/aromatic N) is 4. The molecule has 1 amide bonds. The zero-order chi connectivity index (χ0) is 19.1. The standard InChI is InChI=1S/C16H23N5O3S2/c1-10-16(25-11(2)18-10)26(23,24)21-7-5-6-12(9-21)14-13(8-17-19-14)15(22)20(3)4/h8,12H,5-7,9H2,1-4H3,(H,17,19). The van der Waals surface area contributed by atoms with Crippen molar-refractivity contribution in [3.63, 3.8) is 0 Å². The van der Waals surface area contributed by atoms with Crippen LogP contribution in [0.25, 0.3) is 0 Å². The van der Waals surface area contributed by atoms with E-state index in [0.717, 1.165) is 17.8 Å². The van der Waals surface area contributed by atoms with Crippen molar-refractivity contribution in [1.29, 1.82) is 0 Å². The minimum atomic E-state index is -3.59. The van der Waals surface area contributed by atoms with Gasteiger partial charge < -0.3 is 4.90 Å². The number of rotatable bonds is 4. The zero-order valence-electron chi connectivity index (χ0n) is 15.3. The summed E-state index contributed by atoms with van der Waals surface area (Å²) in [6.07, 6.45) is 3.06. The smallest absolute Gasteiger partial charge is 0.256 e. The van der Waals surface area contributed by atoms with E-state index in [1.165, 1.54) is 26.7 Å². The number of amides is 1. The molecule has 0 saturated carbocycles. The Balaban J connectivity index is 1.88. The summed E-state index contributed by atoms with van der Waals surface area (Å²) in [6.45, 7) is 4.33. The van der Waals surface area contributed by atoms with Crippen molar-refractivity contribution in [2.24, 2.45) is 0 Å². The van der Waals surface area contributed by atoms with Crippen LogP contribution in [-0.4, -0.2) is 65.9 Å². The lowest BCUT2D eigenvalue weighted by atomic mass is 9.93. The van der Waals surface area contributed by atoms with E-state index in [-0.39, 0.29) is 11.8 Å². The molecule has 0 aromatic carbocycles. The van der Waals surface area contributed by atoms with Crippen molar-refractivity contribution < 1.29 is 13.2 Å². The fraction of sp³-hybridized carbons (Fsp3) is 0.562. The number of thiazole rings is 1. The summed E-state index contributed by atoms with van der Waals surface area (Å²) in [4.78, 5) is 18.1. The highest BCUT2D eigenvalue weighted by Crippen LogP contribution is 2.33. The summed E-state index contributed by atoms with van der Waals surface area (Å²) in [7, 11) is -0.213. The first-order valence-electron chi connectivity index (χ1n) is 8.41. The topological polar surface area (TPSA) is 99.3 Å². The van der Waals surface area contributed by atoms with Gasteiger partial charge >= 0.3 is 0 Å². The predicted molar refractivity (Wildman–Crippen MR) is 98.9 cm³/mol. The third-order valence-electron chi connectivity index (χ3n) is 4.53. The van der Waals surface area contributed by atoms with Crippen LogP contribution in [0.2, 0.25) is 0 Å².